The van der Waals surface area contributed by atoms with E-state index in [9.17, 15) is 9.59 Å². The van der Waals surface area contributed by atoms with Crippen LogP contribution in [-0.4, -0.2) is 62.5 Å². The normalized spacial score (nSPS) is 21.8. The Morgan fingerprint density at radius 2 is 1.07 bits per heavy atom. The van der Waals surface area contributed by atoms with Gasteiger partial charge in [-0.2, -0.15) is 10.2 Å². The van der Waals surface area contributed by atoms with Crippen LogP contribution in [0.3, 0.4) is 0 Å². The van der Waals surface area contributed by atoms with Gasteiger partial charge in [0.1, 0.15) is 0 Å². The number of hydrogen-bond donors (Lipinski definition) is 4. The minimum absolute atomic E-state index is 0.00251. The summed E-state index contributed by atoms with van der Waals surface area (Å²) in [5.41, 5.74) is 7.65. The zero-order valence-electron chi connectivity index (χ0n) is 19.0. The van der Waals surface area contributed by atoms with Gasteiger partial charge in [-0.05, 0) is 26.7 Å². The second-order valence-corrected chi connectivity index (χ2v) is 8.55. The predicted octanol–water partition coefficient (Wildman–Crippen LogP) is -0.331. The predicted molar refractivity (Wildman–Crippen MR) is 120 cm³/mol. The number of nitrogens with zero attached hydrogens (tertiary/aromatic N) is 2. The molecule has 0 unspecified atom stereocenters. The molecule has 2 aliphatic rings. The molecule has 8 nitrogen and oxygen atoms in total. The van der Waals surface area contributed by atoms with E-state index in [-0.39, 0.29) is 11.8 Å². The van der Waals surface area contributed by atoms with Gasteiger partial charge in [-0.3, -0.25) is 9.59 Å². The lowest BCUT2D eigenvalue weighted by Gasteiger charge is -2.23. The maximum absolute atomic E-state index is 11.9. The summed E-state index contributed by atoms with van der Waals surface area (Å²) in [6.07, 6.45) is 8.51. The lowest BCUT2D eigenvalue weighted by Crippen LogP contribution is -3.12. The summed E-state index contributed by atoms with van der Waals surface area (Å²) in [4.78, 5) is 27.1. The van der Waals surface area contributed by atoms with Gasteiger partial charge < -0.3 is 9.80 Å². The average Bonchev–Trinajstić information content (AvgIpc) is 2.79. The number of hydrazone groups is 2. The largest absolute Gasteiger partial charge is 0.335 e. The van der Waals surface area contributed by atoms with Crippen LogP contribution in [0.25, 0.3) is 0 Å². The average molecular weight is 423 g/mol. The third kappa shape index (κ3) is 9.80. The maximum Gasteiger partial charge on any atom is 0.240 e. The monoisotopic (exact) mass is 422 g/mol. The first-order valence-corrected chi connectivity index (χ1v) is 12.0. The van der Waals surface area contributed by atoms with Crippen molar-refractivity contribution in [1.82, 2.24) is 10.9 Å². The topological polar surface area (TPSA) is 91.8 Å². The van der Waals surface area contributed by atoms with Gasteiger partial charge in [0.2, 0.25) is 11.8 Å². The van der Waals surface area contributed by atoms with Crippen LogP contribution in [-0.2, 0) is 9.59 Å². The van der Waals surface area contributed by atoms with Crippen molar-refractivity contribution >= 4 is 23.2 Å². The van der Waals surface area contributed by atoms with Crippen LogP contribution in [0.1, 0.15) is 78.1 Å². The van der Waals surface area contributed by atoms with Crippen LogP contribution in [0, 0.1) is 0 Å². The quantitative estimate of drug-likeness (QED) is 0.271. The first-order chi connectivity index (χ1) is 14.6. The summed E-state index contributed by atoms with van der Waals surface area (Å²) in [6, 6.07) is 0. The first-order valence-electron chi connectivity index (χ1n) is 12.0. The Morgan fingerprint density at radius 3 is 1.40 bits per heavy atom. The van der Waals surface area contributed by atoms with Crippen LogP contribution in [0.2, 0.25) is 0 Å². The molecule has 0 bridgehead atoms. The number of rotatable bonds is 11. The van der Waals surface area contributed by atoms with Crippen LogP contribution < -0.4 is 20.7 Å². The van der Waals surface area contributed by atoms with Crippen molar-refractivity contribution in [3.05, 3.63) is 0 Å². The lowest BCUT2D eigenvalue weighted by atomic mass is 10.1. The minimum Gasteiger partial charge on any atom is -0.335 e. The van der Waals surface area contributed by atoms with E-state index in [4.69, 9.17) is 0 Å². The fourth-order valence-corrected chi connectivity index (χ4v) is 4.03. The highest BCUT2D eigenvalue weighted by Crippen LogP contribution is 2.06. The molecule has 0 spiro atoms. The molecule has 170 valence electrons. The number of piperidine rings is 2. The molecule has 0 radical (unpaired) electrons. The van der Waals surface area contributed by atoms with Crippen molar-refractivity contribution in [2.24, 2.45) is 10.2 Å². The van der Waals surface area contributed by atoms with Gasteiger partial charge in [-0.15, -0.1) is 0 Å². The molecule has 0 aliphatic carbocycles. The summed E-state index contributed by atoms with van der Waals surface area (Å²) in [7, 11) is 0. The molecule has 2 fully saturated rings. The van der Waals surface area contributed by atoms with Crippen LogP contribution in [0.4, 0.5) is 0 Å². The zero-order chi connectivity index (χ0) is 21.6. The molecule has 8 heteroatoms. The Labute approximate surface area is 181 Å². The van der Waals surface area contributed by atoms with Crippen molar-refractivity contribution in [2.75, 3.05) is 39.3 Å². The van der Waals surface area contributed by atoms with Crippen molar-refractivity contribution in [2.45, 2.75) is 78.1 Å². The number of unbranched alkanes of at least 4 members (excludes halogenated alkanes) is 3. The van der Waals surface area contributed by atoms with E-state index < -0.39 is 0 Å². The van der Waals surface area contributed by atoms with Gasteiger partial charge in [0, 0.05) is 49.9 Å². The van der Waals surface area contributed by atoms with E-state index >= 15 is 0 Å². The molecule has 2 aliphatic heterocycles. The fourth-order valence-electron chi connectivity index (χ4n) is 4.03. The molecule has 0 atom stereocenters. The van der Waals surface area contributed by atoms with Gasteiger partial charge in [0.15, 0.2) is 0 Å². The molecule has 30 heavy (non-hydrogen) atoms. The fraction of sp³-hybridized carbons (Fsp3) is 0.818. The third-order valence-corrected chi connectivity index (χ3v) is 6.30. The molecule has 0 aromatic rings. The number of carbonyl (C=O) groups excluding carboxylic acids is 2. The Bertz CT molecular complexity index is 532. The molecule has 0 saturated carbocycles. The summed E-state index contributed by atoms with van der Waals surface area (Å²) < 4.78 is 0. The summed E-state index contributed by atoms with van der Waals surface area (Å²) in [5.74, 6) is -0.00501. The second-order valence-electron chi connectivity index (χ2n) is 8.55. The minimum atomic E-state index is -0.00251. The number of nitrogens with one attached hydrogen (secondary N) is 4. The van der Waals surface area contributed by atoms with Gasteiger partial charge in [-0.25, -0.2) is 10.9 Å². The highest BCUT2D eigenvalue weighted by molar-refractivity contribution is 5.87. The molecule has 2 rings (SSSR count). The number of quaternary nitrogens is 2. The van der Waals surface area contributed by atoms with Gasteiger partial charge >= 0.3 is 0 Å². The Hall–Kier alpha value is -1.80. The molecule has 0 aromatic heterocycles. The number of amides is 2. The SMILES string of the molecule is CC[NH+]1CCC(=NNC(=O)CCCCCCC(=O)NN=C2CC[NH+](CC)CC2)CC1. The number of carbonyl (C=O) groups is 2. The van der Waals surface area contributed by atoms with E-state index in [0.29, 0.717) is 12.8 Å². The Balaban J connectivity index is 1.45. The first kappa shape index (κ1) is 24.5. The summed E-state index contributed by atoms with van der Waals surface area (Å²) >= 11 is 0. The standard InChI is InChI=1S/C22H40N6O2/c1-3-27-15-11-19(12-16-27)23-25-21(29)9-7-5-6-8-10-22(30)26-24-20-13-17-28(4-2)18-14-20/h3-18H2,1-2H3,(H,25,29)(H,26,30)/p+2. The van der Waals surface area contributed by atoms with E-state index in [0.717, 1.165) is 102 Å². The van der Waals surface area contributed by atoms with Crippen LogP contribution >= 0.6 is 0 Å². The molecule has 2 saturated heterocycles. The van der Waals surface area contributed by atoms with Gasteiger partial charge in [0.25, 0.3) is 0 Å². The highest BCUT2D eigenvalue weighted by atomic mass is 16.2. The summed E-state index contributed by atoms with van der Waals surface area (Å²) in [6.45, 7) is 11.2. The maximum atomic E-state index is 11.9. The van der Waals surface area contributed by atoms with Gasteiger partial charge in [0.05, 0.1) is 39.3 Å². The lowest BCUT2D eigenvalue weighted by molar-refractivity contribution is -0.899. The molecule has 2 heterocycles. The number of likely N-dealkylation sites (tertiary alicyclic amines) is 2. The molecule has 0 aromatic carbocycles. The van der Waals surface area contributed by atoms with Crippen molar-refractivity contribution in [3.8, 4) is 0 Å². The zero-order valence-corrected chi connectivity index (χ0v) is 19.0. The van der Waals surface area contributed by atoms with E-state index in [1.807, 2.05) is 0 Å². The Kier molecular flexibility index (Phi) is 11.6. The third-order valence-electron chi connectivity index (χ3n) is 6.30. The Morgan fingerprint density at radius 1 is 0.700 bits per heavy atom. The van der Waals surface area contributed by atoms with Crippen molar-refractivity contribution in [3.63, 3.8) is 0 Å². The van der Waals surface area contributed by atoms with E-state index in [1.165, 1.54) is 0 Å². The van der Waals surface area contributed by atoms with E-state index in [2.05, 4.69) is 34.9 Å². The van der Waals surface area contributed by atoms with Gasteiger partial charge in [-0.1, -0.05) is 12.8 Å². The highest BCUT2D eigenvalue weighted by Gasteiger charge is 2.17. The molecule has 4 N–H and O–H groups in total. The number of hydrogen-bond acceptors (Lipinski definition) is 4. The van der Waals surface area contributed by atoms with Crippen molar-refractivity contribution in [1.29, 1.82) is 0 Å². The molecule has 2 amide bonds. The second kappa shape index (κ2) is 14.2. The molecular formula is C22H42N6O2+2. The van der Waals surface area contributed by atoms with E-state index in [1.54, 1.807) is 9.80 Å². The summed E-state index contributed by atoms with van der Waals surface area (Å²) in [5, 5.41) is 8.59. The van der Waals surface area contributed by atoms with Crippen LogP contribution in [0.15, 0.2) is 10.2 Å². The van der Waals surface area contributed by atoms with Crippen LogP contribution in [0.5, 0.6) is 0 Å². The smallest absolute Gasteiger partial charge is 0.240 e. The molecular weight excluding hydrogens is 380 g/mol. The van der Waals surface area contributed by atoms with Crippen molar-refractivity contribution < 1.29 is 19.4 Å².